The van der Waals surface area contributed by atoms with Crippen molar-refractivity contribution >= 4 is 11.6 Å². The maximum Gasteiger partial charge on any atom is 0.231 e. The lowest BCUT2D eigenvalue weighted by atomic mass is 9.63. The maximum atomic E-state index is 12.2. The Morgan fingerprint density at radius 1 is 1.25 bits per heavy atom. The number of carbonyl (C=O) groups is 1. The third-order valence-electron chi connectivity index (χ3n) is 3.97. The number of nitrogens with one attached hydrogen (secondary N) is 1. The van der Waals surface area contributed by atoms with E-state index in [0.717, 1.165) is 12.1 Å². The summed E-state index contributed by atoms with van der Waals surface area (Å²) in [5, 5.41) is 3.02. The maximum absolute atomic E-state index is 12.2. The molecule has 2 nitrogen and oxygen atoms in total. The van der Waals surface area contributed by atoms with Crippen LogP contribution >= 0.6 is 0 Å². The molecule has 1 unspecified atom stereocenters. The largest absolute Gasteiger partial charge is 0.325 e. The lowest BCUT2D eigenvalue weighted by molar-refractivity contribution is -0.131. The average molecular weight is 217 g/mol. The lowest BCUT2D eigenvalue weighted by Crippen LogP contribution is -2.48. The molecule has 86 valence electrons. The molecule has 1 heterocycles. The number of para-hydroxylation sites is 1. The minimum Gasteiger partial charge on any atom is -0.325 e. The summed E-state index contributed by atoms with van der Waals surface area (Å²) in [6, 6.07) is 8.05. The number of fused-ring (bicyclic) bond motifs is 1. The third kappa shape index (κ3) is 1.53. The molecule has 1 N–H and O–H groups in total. The zero-order chi connectivity index (χ0) is 12.0. The number of hydrogen-bond donors (Lipinski definition) is 1. The van der Waals surface area contributed by atoms with E-state index in [2.05, 4.69) is 39.1 Å². The quantitative estimate of drug-likeness (QED) is 0.710. The molecule has 1 atom stereocenters. The first-order valence-corrected chi connectivity index (χ1v) is 5.74. The van der Waals surface area contributed by atoms with E-state index in [4.69, 9.17) is 0 Å². The van der Waals surface area contributed by atoms with Crippen LogP contribution in [0.3, 0.4) is 0 Å². The van der Waals surface area contributed by atoms with Gasteiger partial charge >= 0.3 is 0 Å². The van der Waals surface area contributed by atoms with Gasteiger partial charge in [-0.25, -0.2) is 0 Å². The molecule has 2 heteroatoms. The van der Waals surface area contributed by atoms with Crippen molar-refractivity contribution in [3.63, 3.8) is 0 Å². The Morgan fingerprint density at radius 2 is 1.88 bits per heavy atom. The van der Waals surface area contributed by atoms with Crippen LogP contribution in [-0.2, 0) is 11.2 Å². The number of hydrogen-bond acceptors (Lipinski definition) is 1. The van der Waals surface area contributed by atoms with Gasteiger partial charge in [-0.05, 0) is 30.4 Å². The average Bonchev–Trinajstić information content (AvgIpc) is 2.18. The molecule has 1 aliphatic heterocycles. The first-order chi connectivity index (χ1) is 7.34. The molecule has 2 rings (SSSR count). The van der Waals surface area contributed by atoms with Gasteiger partial charge in [-0.3, -0.25) is 4.79 Å². The van der Waals surface area contributed by atoms with Crippen molar-refractivity contribution in [3.8, 4) is 0 Å². The smallest absolute Gasteiger partial charge is 0.231 e. The number of anilines is 1. The van der Waals surface area contributed by atoms with Gasteiger partial charge in [0.2, 0.25) is 5.91 Å². The van der Waals surface area contributed by atoms with Crippen LogP contribution in [0.4, 0.5) is 5.69 Å². The van der Waals surface area contributed by atoms with Gasteiger partial charge in [0.05, 0.1) is 5.41 Å². The zero-order valence-corrected chi connectivity index (χ0v) is 10.4. The predicted molar refractivity (Wildman–Crippen MR) is 66.3 cm³/mol. The molecule has 0 radical (unpaired) electrons. The highest BCUT2D eigenvalue weighted by Gasteiger charge is 2.46. The molecule has 0 bridgehead atoms. The fourth-order valence-electron chi connectivity index (χ4n) is 2.12. The molecular formula is C14H19NO. The topological polar surface area (TPSA) is 29.1 Å². The van der Waals surface area contributed by atoms with Crippen molar-refractivity contribution in [2.75, 3.05) is 5.32 Å². The van der Waals surface area contributed by atoms with E-state index in [0.29, 0.717) is 0 Å². The van der Waals surface area contributed by atoms with Gasteiger partial charge in [-0.1, -0.05) is 39.0 Å². The Bertz CT molecular complexity index is 431. The first kappa shape index (κ1) is 11.2. The summed E-state index contributed by atoms with van der Waals surface area (Å²) in [6.07, 6.45) is 0.818. The summed E-state index contributed by atoms with van der Waals surface area (Å²) in [5.41, 5.74) is 1.83. The molecule has 0 saturated heterocycles. The first-order valence-electron chi connectivity index (χ1n) is 5.74. The van der Waals surface area contributed by atoms with Gasteiger partial charge in [-0.2, -0.15) is 0 Å². The summed E-state index contributed by atoms with van der Waals surface area (Å²) < 4.78 is 0. The zero-order valence-electron chi connectivity index (χ0n) is 10.4. The number of benzene rings is 1. The van der Waals surface area contributed by atoms with Crippen LogP contribution < -0.4 is 5.32 Å². The molecule has 16 heavy (non-hydrogen) atoms. The van der Waals surface area contributed by atoms with Gasteiger partial charge in [0.25, 0.3) is 0 Å². The van der Waals surface area contributed by atoms with E-state index in [9.17, 15) is 4.79 Å². The van der Waals surface area contributed by atoms with Crippen LogP contribution in [0.5, 0.6) is 0 Å². The second kappa shape index (κ2) is 3.34. The van der Waals surface area contributed by atoms with E-state index in [1.807, 2.05) is 18.2 Å². The fraction of sp³-hybridized carbons (Fsp3) is 0.500. The predicted octanol–water partition coefficient (Wildman–Crippen LogP) is 3.23. The van der Waals surface area contributed by atoms with Gasteiger partial charge in [0, 0.05) is 5.69 Å². The van der Waals surface area contributed by atoms with Crippen LogP contribution in [0.1, 0.15) is 33.3 Å². The lowest BCUT2D eigenvalue weighted by Gasteiger charge is -2.43. The molecule has 1 aromatic rings. The fourth-order valence-corrected chi connectivity index (χ4v) is 2.12. The van der Waals surface area contributed by atoms with E-state index >= 15 is 0 Å². The summed E-state index contributed by atoms with van der Waals surface area (Å²) in [6.45, 7) is 8.43. The van der Waals surface area contributed by atoms with Crippen LogP contribution in [-0.4, -0.2) is 5.91 Å². The Balaban J connectivity index is 2.46. The molecule has 0 aromatic heterocycles. The monoisotopic (exact) mass is 217 g/mol. The minimum atomic E-state index is -0.332. The minimum absolute atomic E-state index is 0.0371. The van der Waals surface area contributed by atoms with Crippen molar-refractivity contribution in [2.24, 2.45) is 10.8 Å². The molecule has 0 fully saturated rings. The molecule has 0 spiro atoms. The highest BCUT2D eigenvalue weighted by molar-refractivity contribution is 5.98. The molecular weight excluding hydrogens is 198 g/mol. The Kier molecular flexibility index (Phi) is 2.33. The number of rotatable bonds is 0. The summed E-state index contributed by atoms with van der Waals surface area (Å²) in [5.74, 6) is 0.138. The highest BCUT2D eigenvalue weighted by atomic mass is 16.2. The van der Waals surface area contributed by atoms with Crippen molar-refractivity contribution in [1.82, 2.24) is 0 Å². The van der Waals surface area contributed by atoms with Crippen LogP contribution in [0.25, 0.3) is 0 Å². The molecule has 0 saturated carbocycles. The molecule has 1 aromatic carbocycles. The van der Waals surface area contributed by atoms with Crippen molar-refractivity contribution in [1.29, 1.82) is 0 Å². The second-order valence-corrected chi connectivity index (χ2v) is 5.87. The van der Waals surface area contributed by atoms with Crippen molar-refractivity contribution < 1.29 is 4.79 Å². The SMILES string of the molecule is CC(C)(C)C1(C)Cc2ccccc2NC1=O. The Morgan fingerprint density at radius 3 is 2.50 bits per heavy atom. The van der Waals surface area contributed by atoms with Crippen molar-refractivity contribution in [2.45, 2.75) is 34.1 Å². The van der Waals surface area contributed by atoms with Crippen molar-refractivity contribution in [3.05, 3.63) is 29.8 Å². The van der Waals surface area contributed by atoms with Crippen LogP contribution in [0.15, 0.2) is 24.3 Å². The molecule has 1 amide bonds. The Labute approximate surface area is 97.1 Å². The van der Waals surface area contributed by atoms with Gasteiger partial charge in [0.1, 0.15) is 0 Å². The molecule has 0 aliphatic carbocycles. The summed E-state index contributed by atoms with van der Waals surface area (Å²) in [4.78, 5) is 12.2. The summed E-state index contributed by atoms with van der Waals surface area (Å²) >= 11 is 0. The number of amides is 1. The molecule has 1 aliphatic rings. The van der Waals surface area contributed by atoms with Crippen LogP contribution in [0.2, 0.25) is 0 Å². The van der Waals surface area contributed by atoms with Gasteiger partial charge in [-0.15, -0.1) is 0 Å². The highest BCUT2D eigenvalue weighted by Crippen LogP contribution is 2.45. The van der Waals surface area contributed by atoms with Gasteiger partial charge < -0.3 is 5.32 Å². The van der Waals surface area contributed by atoms with E-state index in [-0.39, 0.29) is 16.7 Å². The van der Waals surface area contributed by atoms with E-state index in [1.54, 1.807) is 0 Å². The van der Waals surface area contributed by atoms with E-state index in [1.165, 1.54) is 5.56 Å². The third-order valence-corrected chi connectivity index (χ3v) is 3.97. The second-order valence-electron chi connectivity index (χ2n) is 5.87. The number of carbonyl (C=O) groups excluding carboxylic acids is 1. The Hall–Kier alpha value is -1.31. The normalized spacial score (nSPS) is 24.9. The van der Waals surface area contributed by atoms with Gasteiger partial charge in [0.15, 0.2) is 0 Å². The standard InChI is InChI=1S/C14H19NO/c1-13(2,3)14(4)9-10-7-5-6-8-11(10)15-12(14)16/h5-8H,9H2,1-4H3,(H,15,16). The van der Waals surface area contributed by atoms with Crippen LogP contribution in [0, 0.1) is 10.8 Å². The summed E-state index contributed by atoms with van der Waals surface area (Å²) in [7, 11) is 0. The van der Waals surface area contributed by atoms with E-state index < -0.39 is 0 Å².